The number of rotatable bonds is 5. The summed E-state index contributed by atoms with van der Waals surface area (Å²) in [5, 5.41) is 2.93. The number of aromatic nitrogens is 1. The van der Waals surface area contributed by atoms with Gasteiger partial charge in [-0.15, -0.1) is 0 Å². The molecule has 4 rings (SSSR count). The van der Waals surface area contributed by atoms with Crippen LogP contribution in [0.25, 0.3) is 0 Å². The first-order chi connectivity index (χ1) is 15.7. The lowest BCUT2D eigenvalue weighted by molar-refractivity contribution is -0.120. The molecule has 9 heteroatoms. The van der Waals surface area contributed by atoms with E-state index in [1.54, 1.807) is 18.7 Å². The van der Waals surface area contributed by atoms with Crippen molar-refractivity contribution in [3.63, 3.8) is 0 Å². The zero-order chi connectivity index (χ0) is 23.8. The van der Waals surface area contributed by atoms with Crippen molar-refractivity contribution in [2.45, 2.75) is 51.3 Å². The molecule has 2 aliphatic heterocycles. The Morgan fingerprint density at radius 3 is 2.15 bits per heavy atom. The Morgan fingerprint density at radius 1 is 0.939 bits per heavy atom. The molecule has 1 aromatic carbocycles. The standard InChI is InChI=1S/C24H32N4O4S/c1-16-6-8-20(9-7-16)26-23(29)19-10-14-28(15-11-19)33(31,32)22-18(3)25-17(2)21(22)24(30)27-12-4-5-13-27/h6-9,19,25H,4-5,10-15H2,1-3H3,(H,26,29). The number of H-pyrrole nitrogens is 1. The van der Waals surface area contributed by atoms with Crippen LogP contribution in [0.5, 0.6) is 0 Å². The van der Waals surface area contributed by atoms with Crippen molar-refractivity contribution in [3.05, 3.63) is 46.8 Å². The minimum Gasteiger partial charge on any atom is -0.361 e. The summed E-state index contributed by atoms with van der Waals surface area (Å²) in [6.07, 6.45) is 2.76. The van der Waals surface area contributed by atoms with Crippen molar-refractivity contribution in [1.82, 2.24) is 14.2 Å². The molecule has 0 aliphatic carbocycles. The van der Waals surface area contributed by atoms with Crippen LogP contribution >= 0.6 is 0 Å². The molecule has 0 saturated carbocycles. The first-order valence-corrected chi connectivity index (χ1v) is 13.0. The summed E-state index contributed by atoms with van der Waals surface area (Å²) < 4.78 is 28.6. The van der Waals surface area contributed by atoms with Gasteiger partial charge in [-0.05, 0) is 58.6 Å². The quantitative estimate of drug-likeness (QED) is 0.697. The van der Waals surface area contributed by atoms with E-state index in [1.165, 1.54) is 4.31 Å². The van der Waals surface area contributed by atoms with E-state index < -0.39 is 10.0 Å². The van der Waals surface area contributed by atoms with Crippen LogP contribution in [0.4, 0.5) is 5.69 Å². The fourth-order valence-electron chi connectivity index (χ4n) is 4.79. The topological polar surface area (TPSA) is 103 Å². The van der Waals surface area contributed by atoms with Gasteiger partial charge in [-0.2, -0.15) is 4.31 Å². The third kappa shape index (κ3) is 4.70. The number of hydrogen-bond donors (Lipinski definition) is 2. The zero-order valence-electron chi connectivity index (χ0n) is 19.5. The molecule has 178 valence electrons. The van der Waals surface area contributed by atoms with Gasteiger partial charge in [0.05, 0.1) is 5.56 Å². The Balaban J connectivity index is 1.48. The molecular weight excluding hydrogens is 440 g/mol. The molecule has 0 bridgehead atoms. The maximum Gasteiger partial charge on any atom is 0.257 e. The molecular formula is C24H32N4O4S. The van der Waals surface area contributed by atoms with Crippen LogP contribution in [0.2, 0.25) is 0 Å². The highest BCUT2D eigenvalue weighted by atomic mass is 32.2. The van der Waals surface area contributed by atoms with Gasteiger partial charge in [0.2, 0.25) is 15.9 Å². The predicted octanol–water partition coefficient (Wildman–Crippen LogP) is 3.22. The second-order valence-corrected chi connectivity index (χ2v) is 11.0. The number of nitrogens with one attached hydrogen (secondary N) is 2. The van der Waals surface area contributed by atoms with Gasteiger partial charge >= 0.3 is 0 Å². The molecule has 2 aliphatic rings. The van der Waals surface area contributed by atoms with Gasteiger partial charge in [-0.25, -0.2) is 8.42 Å². The van der Waals surface area contributed by atoms with Crippen LogP contribution in [0.1, 0.15) is 53.0 Å². The summed E-state index contributed by atoms with van der Waals surface area (Å²) in [6, 6.07) is 7.60. The van der Waals surface area contributed by atoms with Crippen molar-refractivity contribution < 1.29 is 18.0 Å². The van der Waals surface area contributed by atoms with Gasteiger partial charge in [-0.3, -0.25) is 9.59 Å². The molecule has 8 nitrogen and oxygen atoms in total. The van der Waals surface area contributed by atoms with E-state index in [0.29, 0.717) is 37.3 Å². The molecule has 33 heavy (non-hydrogen) atoms. The summed E-state index contributed by atoms with van der Waals surface area (Å²) in [5.41, 5.74) is 3.17. The molecule has 2 aromatic rings. The lowest BCUT2D eigenvalue weighted by Gasteiger charge is -2.31. The molecule has 0 spiro atoms. The summed E-state index contributed by atoms with van der Waals surface area (Å²) in [4.78, 5) is 30.7. The third-order valence-corrected chi connectivity index (χ3v) is 8.74. The second-order valence-electron chi connectivity index (χ2n) is 9.11. The summed E-state index contributed by atoms with van der Waals surface area (Å²) >= 11 is 0. The Hall–Kier alpha value is -2.65. The Morgan fingerprint density at radius 2 is 1.55 bits per heavy atom. The molecule has 0 atom stereocenters. The highest BCUT2D eigenvalue weighted by Crippen LogP contribution is 2.31. The van der Waals surface area contributed by atoms with E-state index in [9.17, 15) is 18.0 Å². The van der Waals surface area contributed by atoms with E-state index in [2.05, 4.69) is 10.3 Å². The summed E-state index contributed by atoms with van der Waals surface area (Å²) in [6.45, 7) is 7.23. The Kier molecular flexibility index (Phi) is 6.63. The van der Waals surface area contributed by atoms with E-state index in [-0.39, 0.29) is 41.3 Å². The smallest absolute Gasteiger partial charge is 0.257 e. The fraction of sp³-hybridized carbons (Fsp3) is 0.500. The van der Waals surface area contributed by atoms with Crippen LogP contribution in [0.15, 0.2) is 29.2 Å². The number of nitrogens with zero attached hydrogens (tertiary/aromatic N) is 2. The van der Waals surface area contributed by atoms with Crippen molar-refractivity contribution >= 4 is 27.5 Å². The number of aryl methyl sites for hydroxylation is 3. The minimum absolute atomic E-state index is 0.0828. The molecule has 2 fully saturated rings. The van der Waals surface area contributed by atoms with E-state index in [0.717, 1.165) is 24.1 Å². The number of piperidine rings is 1. The van der Waals surface area contributed by atoms with Gasteiger partial charge in [0.15, 0.2) is 0 Å². The first kappa shape index (κ1) is 23.5. The van der Waals surface area contributed by atoms with E-state index in [4.69, 9.17) is 0 Å². The SMILES string of the molecule is Cc1ccc(NC(=O)C2CCN(S(=O)(=O)c3c(C)[nH]c(C)c3C(=O)N3CCCC3)CC2)cc1. The number of benzene rings is 1. The lowest BCUT2D eigenvalue weighted by Crippen LogP contribution is -2.42. The average Bonchev–Trinajstić information content (AvgIpc) is 3.43. The van der Waals surface area contributed by atoms with Crippen molar-refractivity contribution in [1.29, 1.82) is 0 Å². The molecule has 2 saturated heterocycles. The van der Waals surface area contributed by atoms with Gasteiger partial charge in [-0.1, -0.05) is 17.7 Å². The van der Waals surface area contributed by atoms with Gasteiger partial charge in [0.1, 0.15) is 4.90 Å². The maximum atomic E-state index is 13.6. The number of amides is 2. The van der Waals surface area contributed by atoms with E-state index in [1.807, 2.05) is 31.2 Å². The van der Waals surface area contributed by atoms with Gasteiger partial charge in [0.25, 0.3) is 5.91 Å². The lowest BCUT2D eigenvalue weighted by atomic mass is 9.97. The van der Waals surface area contributed by atoms with Crippen molar-refractivity contribution in [2.24, 2.45) is 5.92 Å². The Labute approximate surface area is 195 Å². The predicted molar refractivity (Wildman–Crippen MR) is 127 cm³/mol. The number of carbonyl (C=O) groups is 2. The molecule has 2 amide bonds. The average molecular weight is 473 g/mol. The number of sulfonamides is 1. The highest BCUT2D eigenvalue weighted by molar-refractivity contribution is 7.89. The molecule has 0 radical (unpaired) electrons. The largest absolute Gasteiger partial charge is 0.361 e. The summed E-state index contributed by atoms with van der Waals surface area (Å²) in [5.74, 6) is -0.563. The normalized spacial score (nSPS) is 18.0. The number of anilines is 1. The Bertz CT molecular complexity index is 1140. The minimum atomic E-state index is -3.87. The van der Waals surface area contributed by atoms with Crippen molar-refractivity contribution in [2.75, 3.05) is 31.5 Å². The van der Waals surface area contributed by atoms with Crippen LogP contribution in [0.3, 0.4) is 0 Å². The first-order valence-electron chi connectivity index (χ1n) is 11.5. The maximum absolute atomic E-state index is 13.6. The van der Waals surface area contributed by atoms with Crippen LogP contribution in [-0.2, 0) is 14.8 Å². The second kappa shape index (κ2) is 9.30. The highest BCUT2D eigenvalue weighted by Gasteiger charge is 2.38. The molecule has 0 unspecified atom stereocenters. The van der Waals surface area contributed by atoms with Gasteiger partial charge in [0, 0.05) is 49.2 Å². The molecule has 2 N–H and O–H groups in total. The number of carbonyl (C=O) groups excluding carboxylic acids is 2. The van der Waals surface area contributed by atoms with Gasteiger partial charge < -0.3 is 15.2 Å². The third-order valence-electron chi connectivity index (χ3n) is 6.67. The van der Waals surface area contributed by atoms with Crippen LogP contribution in [-0.4, -0.2) is 60.6 Å². The van der Waals surface area contributed by atoms with Crippen LogP contribution < -0.4 is 5.32 Å². The summed E-state index contributed by atoms with van der Waals surface area (Å²) in [7, 11) is -3.87. The molecule has 1 aromatic heterocycles. The number of aromatic amines is 1. The zero-order valence-corrected chi connectivity index (χ0v) is 20.3. The van der Waals surface area contributed by atoms with Crippen molar-refractivity contribution in [3.8, 4) is 0 Å². The fourth-order valence-corrected chi connectivity index (χ4v) is 6.67. The van der Waals surface area contributed by atoms with Crippen LogP contribution in [0, 0.1) is 26.7 Å². The number of hydrogen-bond acceptors (Lipinski definition) is 4. The van der Waals surface area contributed by atoms with E-state index >= 15 is 0 Å². The monoisotopic (exact) mass is 472 g/mol. The number of likely N-dealkylation sites (tertiary alicyclic amines) is 1. The molecule has 3 heterocycles.